The summed E-state index contributed by atoms with van der Waals surface area (Å²) in [4.78, 5) is 5.14. The van der Waals surface area contributed by atoms with Crippen LogP contribution in [0.15, 0.2) is 0 Å². The molecule has 17 heavy (non-hydrogen) atoms. The van der Waals surface area contributed by atoms with E-state index in [0.717, 1.165) is 38.8 Å². The van der Waals surface area contributed by atoms with Crippen molar-refractivity contribution in [2.24, 2.45) is 0 Å². The van der Waals surface area contributed by atoms with Crippen molar-refractivity contribution < 1.29 is 4.74 Å². The molecule has 0 amide bonds. The summed E-state index contributed by atoms with van der Waals surface area (Å²) in [5, 5.41) is 8.49. The van der Waals surface area contributed by atoms with Gasteiger partial charge in [-0.15, -0.1) is 0 Å². The zero-order chi connectivity index (χ0) is 11.9. The molecule has 0 radical (unpaired) electrons. The average Bonchev–Trinajstić information content (AvgIpc) is 2.85. The molecule has 0 bridgehead atoms. The second-order valence-electron chi connectivity index (χ2n) is 5.01. The highest BCUT2D eigenvalue weighted by molar-refractivity contribution is 4.84. The van der Waals surface area contributed by atoms with Crippen LogP contribution in [0.4, 0.5) is 0 Å². The van der Waals surface area contributed by atoms with E-state index in [-0.39, 0.29) is 0 Å². The Bertz CT molecular complexity index is 258. The van der Waals surface area contributed by atoms with E-state index in [4.69, 9.17) is 10.00 Å². The maximum Gasteiger partial charge on any atom is 0.0621 e. The molecule has 2 saturated heterocycles. The van der Waals surface area contributed by atoms with E-state index < -0.39 is 0 Å². The Labute approximate surface area is 104 Å². The highest BCUT2D eigenvalue weighted by Gasteiger charge is 2.27. The minimum atomic E-state index is 0.709. The molecule has 96 valence electrons. The molecule has 2 aliphatic heterocycles. The van der Waals surface area contributed by atoms with Crippen LogP contribution in [0.25, 0.3) is 0 Å². The lowest BCUT2D eigenvalue weighted by Gasteiger charge is -2.32. The molecule has 2 rings (SSSR count). The number of nitrogens with zero attached hydrogens (tertiary/aromatic N) is 3. The van der Waals surface area contributed by atoms with Crippen molar-refractivity contribution in [2.75, 3.05) is 45.9 Å². The average molecular weight is 237 g/mol. The Morgan fingerprint density at radius 2 is 2.00 bits per heavy atom. The van der Waals surface area contributed by atoms with Gasteiger partial charge in [0.05, 0.1) is 19.3 Å². The summed E-state index contributed by atoms with van der Waals surface area (Å²) in [6.45, 7) is 7.63. The third-order valence-corrected chi connectivity index (χ3v) is 3.82. The molecule has 0 aliphatic carbocycles. The topological polar surface area (TPSA) is 39.5 Å². The van der Waals surface area contributed by atoms with Crippen molar-refractivity contribution in [3.05, 3.63) is 0 Å². The van der Waals surface area contributed by atoms with E-state index in [9.17, 15) is 0 Å². The molecule has 1 atom stereocenters. The third kappa shape index (κ3) is 3.95. The standard InChI is InChI=1S/C13H23N3O/c14-5-2-1-3-6-15-7-4-13(12-15)16-8-10-17-11-9-16/h13H,1-4,6-12H2. The Hall–Kier alpha value is -0.630. The quantitative estimate of drug-likeness (QED) is 0.671. The third-order valence-electron chi connectivity index (χ3n) is 3.82. The van der Waals surface area contributed by atoms with Gasteiger partial charge in [0.1, 0.15) is 0 Å². The molecule has 4 heteroatoms. The molecule has 0 N–H and O–H groups in total. The highest BCUT2D eigenvalue weighted by Crippen LogP contribution is 2.17. The van der Waals surface area contributed by atoms with Crippen molar-refractivity contribution in [1.29, 1.82) is 5.26 Å². The first kappa shape index (κ1) is 12.8. The fraction of sp³-hybridized carbons (Fsp3) is 0.923. The van der Waals surface area contributed by atoms with Crippen LogP contribution >= 0.6 is 0 Å². The number of unbranched alkanes of at least 4 members (excludes halogenated alkanes) is 2. The number of nitriles is 1. The number of ether oxygens (including phenoxy) is 1. The molecule has 0 spiro atoms. The summed E-state index contributed by atoms with van der Waals surface area (Å²) in [5.74, 6) is 0. The Morgan fingerprint density at radius 3 is 2.76 bits per heavy atom. The van der Waals surface area contributed by atoms with E-state index in [1.807, 2.05) is 0 Å². The number of likely N-dealkylation sites (tertiary alicyclic amines) is 1. The molecule has 1 unspecified atom stereocenters. The largest absolute Gasteiger partial charge is 0.379 e. The molecule has 2 aliphatic rings. The van der Waals surface area contributed by atoms with E-state index in [1.165, 1.54) is 32.5 Å². The second-order valence-corrected chi connectivity index (χ2v) is 5.01. The van der Waals surface area contributed by atoms with Crippen LogP contribution in [0, 0.1) is 11.3 Å². The number of hydrogen-bond acceptors (Lipinski definition) is 4. The zero-order valence-corrected chi connectivity index (χ0v) is 10.6. The minimum absolute atomic E-state index is 0.709. The fourth-order valence-corrected chi connectivity index (χ4v) is 2.80. The molecular weight excluding hydrogens is 214 g/mol. The summed E-state index contributed by atoms with van der Waals surface area (Å²) in [7, 11) is 0. The van der Waals surface area contributed by atoms with Gasteiger partial charge >= 0.3 is 0 Å². The first-order valence-corrected chi connectivity index (χ1v) is 6.81. The molecule has 2 fully saturated rings. The van der Waals surface area contributed by atoms with Crippen molar-refractivity contribution in [3.8, 4) is 6.07 Å². The maximum absolute atomic E-state index is 8.49. The predicted molar refractivity (Wildman–Crippen MR) is 66.7 cm³/mol. The molecule has 2 heterocycles. The number of morpholine rings is 1. The normalized spacial score (nSPS) is 27.1. The maximum atomic E-state index is 8.49. The first-order valence-electron chi connectivity index (χ1n) is 6.81. The summed E-state index contributed by atoms with van der Waals surface area (Å²) >= 11 is 0. The Kier molecular flexibility index (Phi) is 5.24. The lowest BCUT2D eigenvalue weighted by Crippen LogP contribution is -2.44. The minimum Gasteiger partial charge on any atom is -0.379 e. The van der Waals surface area contributed by atoms with Gasteiger partial charge in [-0.3, -0.25) is 4.90 Å². The van der Waals surface area contributed by atoms with Crippen molar-refractivity contribution in [2.45, 2.75) is 31.7 Å². The van der Waals surface area contributed by atoms with Crippen molar-refractivity contribution in [3.63, 3.8) is 0 Å². The molecular formula is C13H23N3O. The van der Waals surface area contributed by atoms with Gasteiger partial charge in [0.2, 0.25) is 0 Å². The molecule has 0 saturated carbocycles. The smallest absolute Gasteiger partial charge is 0.0621 e. The number of hydrogen-bond donors (Lipinski definition) is 0. The van der Waals surface area contributed by atoms with E-state index in [0.29, 0.717) is 6.42 Å². The molecule has 0 aromatic rings. The summed E-state index contributed by atoms with van der Waals surface area (Å²) in [6.07, 6.45) is 4.23. The molecule has 0 aromatic carbocycles. The lowest BCUT2D eigenvalue weighted by molar-refractivity contribution is 0.0185. The van der Waals surface area contributed by atoms with Crippen molar-refractivity contribution >= 4 is 0 Å². The zero-order valence-electron chi connectivity index (χ0n) is 10.6. The van der Waals surface area contributed by atoms with Crippen molar-refractivity contribution in [1.82, 2.24) is 9.80 Å². The van der Waals surface area contributed by atoms with Crippen LogP contribution in [0.3, 0.4) is 0 Å². The van der Waals surface area contributed by atoms with Gasteiger partial charge in [-0.25, -0.2) is 0 Å². The SMILES string of the molecule is N#CCCCCN1CCC(N2CCOCC2)C1. The predicted octanol–water partition coefficient (Wildman–Crippen LogP) is 1.09. The van der Waals surface area contributed by atoms with Gasteiger partial charge in [-0.05, 0) is 32.4 Å². The lowest BCUT2D eigenvalue weighted by atomic mass is 10.2. The van der Waals surface area contributed by atoms with Crippen LogP contribution in [0.1, 0.15) is 25.7 Å². The van der Waals surface area contributed by atoms with E-state index >= 15 is 0 Å². The summed E-state index contributed by atoms with van der Waals surface area (Å²) in [6, 6.07) is 2.96. The van der Waals surface area contributed by atoms with Gasteiger partial charge in [0.25, 0.3) is 0 Å². The van der Waals surface area contributed by atoms with Crippen LogP contribution in [-0.4, -0.2) is 61.8 Å². The van der Waals surface area contributed by atoms with Gasteiger partial charge in [0.15, 0.2) is 0 Å². The summed E-state index contributed by atoms with van der Waals surface area (Å²) in [5.41, 5.74) is 0. The van der Waals surface area contributed by atoms with Gasteiger partial charge < -0.3 is 9.64 Å². The Morgan fingerprint density at radius 1 is 1.18 bits per heavy atom. The second kappa shape index (κ2) is 6.95. The van der Waals surface area contributed by atoms with Gasteiger partial charge in [0, 0.05) is 32.1 Å². The van der Waals surface area contributed by atoms with Crippen LogP contribution in [-0.2, 0) is 4.74 Å². The van der Waals surface area contributed by atoms with E-state index in [2.05, 4.69) is 15.9 Å². The number of rotatable bonds is 5. The van der Waals surface area contributed by atoms with Crippen LogP contribution in [0.5, 0.6) is 0 Å². The summed E-state index contributed by atoms with van der Waals surface area (Å²) < 4.78 is 5.39. The first-order chi connectivity index (χ1) is 8.40. The fourth-order valence-electron chi connectivity index (χ4n) is 2.80. The monoisotopic (exact) mass is 237 g/mol. The van der Waals surface area contributed by atoms with E-state index in [1.54, 1.807) is 0 Å². The highest BCUT2D eigenvalue weighted by atomic mass is 16.5. The van der Waals surface area contributed by atoms with Crippen LogP contribution in [0.2, 0.25) is 0 Å². The molecule has 0 aromatic heterocycles. The van der Waals surface area contributed by atoms with Gasteiger partial charge in [-0.1, -0.05) is 0 Å². The molecule has 4 nitrogen and oxygen atoms in total. The van der Waals surface area contributed by atoms with Crippen LogP contribution < -0.4 is 0 Å². The van der Waals surface area contributed by atoms with Gasteiger partial charge in [-0.2, -0.15) is 5.26 Å². The Balaban J connectivity index is 1.63.